The summed E-state index contributed by atoms with van der Waals surface area (Å²) in [5.74, 6) is 0.536. The molecular formula is C15H20N2O3S. The summed E-state index contributed by atoms with van der Waals surface area (Å²) in [5, 5.41) is 9.17. The van der Waals surface area contributed by atoms with Gasteiger partial charge in [0.15, 0.2) is 0 Å². The first-order chi connectivity index (χ1) is 10.2. The van der Waals surface area contributed by atoms with E-state index in [4.69, 9.17) is 0 Å². The van der Waals surface area contributed by atoms with Crippen LogP contribution in [0.3, 0.4) is 0 Å². The van der Waals surface area contributed by atoms with Gasteiger partial charge in [-0.05, 0) is 31.4 Å². The number of aromatic nitrogens is 1. The van der Waals surface area contributed by atoms with Gasteiger partial charge in [0.1, 0.15) is 6.04 Å². The van der Waals surface area contributed by atoms with E-state index in [0.717, 1.165) is 24.3 Å². The summed E-state index contributed by atoms with van der Waals surface area (Å²) in [6, 6.07) is 5.14. The molecule has 0 spiro atoms. The summed E-state index contributed by atoms with van der Waals surface area (Å²) >= 11 is 1.65. The first kappa shape index (κ1) is 15.8. The fraction of sp³-hybridized carbons (Fsp3) is 0.533. The number of hydrogen-bond acceptors (Lipinski definition) is 4. The van der Waals surface area contributed by atoms with Crippen molar-refractivity contribution in [2.75, 3.05) is 12.3 Å². The Kier molecular flexibility index (Phi) is 6.04. The number of carbonyl (C=O) groups is 2. The maximum Gasteiger partial charge on any atom is 0.326 e. The van der Waals surface area contributed by atoms with E-state index in [1.54, 1.807) is 18.0 Å². The van der Waals surface area contributed by atoms with Crippen molar-refractivity contribution in [2.45, 2.75) is 37.5 Å². The third kappa shape index (κ3) is 4.74. The molecule has 0 aliphatic carbocycles. The van der Waals surface area contributed by atoms with Gasteiger partial charge in [-0.2, -0.15) is 11.8 Å². The van der Waals surface area contributed by atoms with Crippen LogP contribution in [0.2, 0.25) is 0 Å². The zero-order chi connectivity index (χ0) is 15.1. The number of pyridine rings is 1. The minimum Gasteiger partial charge on any atom is -0.480 e. The highest BCUT2D eigenvalue weighted by Gasteiger charge is 2.31. The second kappa shape index (κ2) is 8.02. The Balaban J connectivity index is 1.74. The van der Waals surface area contributed by atoms with Gasteiger partial charge in [-0.3, -0.25) is 9.78 Å². The van der Waals surface area contributed by atoms with Crippen molar-refractivity contribution in [1.82, 2.24) is 9.88 Å². The number of amides is 1. The average molecular weight is 308 g/mol. The lowest BCUT2D eigenvalue weighted by Gasteiger charge is -2.33. The predicted octanol–water partition coefficient (Wildman–Crippen LogP) is 2.17. The van der Waals surface area contributed by atoms with Crippen LogP contribution >= 0.6 is 11.8 Å². The zero-order valence-corrected chi connectivity index (χ0v) is 12.7. The van der Waals surface area contributed by atoms with Gasteiger partial charge in [-0.25, -0.2) is 4.79 Å². The molecule has 1 atom stereocenters. The molecule has 1 aliphatic heterocycles. The number of carboxylic acids is 1. The van der Waals surface area contributed by atoms with Gasteiger partial charge in [-0.15, -0.1) is 0 Å². The first-order valence-corrected chi connectivity index (χ1v) is 8.34. The largest absolute Gasteiger partial charge is 0.480 e. The highest BCUT2D eigenvalue weighted by Crippen LogP contribution is 2.19. The fourth-order valence-electron chi connectivity index (χ4n) is 2.45. The van der Waals surface area contributed by atoms with Crippen LogP contribution in [0.4, 0.5) is 0 Å². The number of carboxylic acid groups (broad SMARTS) is 1. The smallest absolute Gasteiger partial charge is 0.326 e. The predicted molar refractivity (Wildman–Crippen MR) is 82.0 cm³/mol. The van der Waals surface area contributed by atoms with Crippen molar-refractivity contribution in [3.05, 3.63) is 30.1 Å². The molecule has 1 N–H and O–H groups in total. The standard InChI is InChI=1S/C15H20N2O3S/c18-14(17-9-4-2-6-13(17)15(19)20)7-10-21-11-12-5-1-3-8-16-12/h1,3,5,8,13H,2,4,6-7,9-11H2,(H,19,20). The fourth-order valence-corrected chi connectivity index (χ4v) is 3.29. The number of nitrogens with zero attached hydrogens (tertiary/aromatic N) is 2. The van der Waals surface area contributed by atoms with Crippen molar-refractivity contribution >= 4 is 23.6 Å². The summed E-state index contributed by atoms with van der Waals surface area (Å²) < 4.78 is 0. The van der Waals surface area contributed by atoms with E-state index < -0.39 is 12.0 Å². The second-order valence-electron chi connectivity index (χ2n) is 5.06. The van der Waals surface area contributed by atoms with Crippen molar-refractivity contribution in [3.8, 4) is 0 Å². The molecule has 0 aromatic carbocycles. The van der Waals surface area contributed by atoms with Crippen molar-refractivity contribution < 1.29 is 14.7 Å². The van der Waals surface area contributed by atoms with Gasteiger partial charge in [0.25, 0.3) is 0 Å². The number of hydrogen-bond donors (Lipinski definition) is 1. The normalized spacial score (nSPS) is 18.5. The van der Waals surface area contributed by atoms with Gasteiger partial charge in [-0.1, -0.05) is 6.07 Å². The van der Waals surface area contributed by atoms with E-state index >= 15 is 0 Å². The van der Waals surface area contributed by atoms with E-state index in [9.17, 15) is 14.7 Å². The SMILES string of the molecule is O=C(O)C1CCCCN1C(=O)CCSCc1ccccn1. The molecule has 1 amide bonds. The quantitative estimate of drug-likeness (QED) is 0.816. The van der Waals surface area contributed by atoms with Gasteiger partial charge in [0, 0.05) is 30.7 Å². The van der Waals surface area contributed by atoms with E-state index in [0.29, 0.717) is 25.1 Å². The van der Waals surface area contributed by atoms with E-state index in [2.05, 4.69) is 4.98 Å². The zero-order valence-electron chi connectivity index (χ0n) is 11.9. The molecule has 114 valence electrons. The van der Waals surface area contributed by atoms with Crippen molar-refractivity contribution in [3.63, 3.8) is 0 Å². The molecule has 1 aromatic heterocycles. The van der Waals surface area contributed by atoms with Crippen LogP contribution < -0.4 is 0 Å². The molecule has 6 heteroatoms. The maximum atomic E-state index is 12.2. The lowest BCUT2D eigenvalue weighted by atomic mass is 10.0. The number of rotatable bonds is 6. The van der Waals surface area contributed by atoms with Gasteiger partial charge >= 0.3 is 5.97 Å². The number of thioether (sulfide) groups is 1. The minimum atomic E-state index is -0.885. The summed E-state index contributed by atoms with van der Waals surface area (Å²) in [5.41, 5.74) is 0.997. The maximum absolute atomic E-state index is 12.2. The second-order valence-corrected chi connectivity index (χ2v) is 6.17. The average Bonchev–Trinajstić information content (AvgIpc) is 2.52. The Morgan fingerprint density at radius 3 is 2.95 bits per heavy atom. The summed E-state index contributed by atoms with van der Waals surface area (Å²) in [7, 11) is 0. The molecule has 1 unspecified atom stereocenters. The number of piperidine rings is 1. The Labute approximate surface area is 128 Å². The number of aliphatic carboxylic acids is 1. The third-order valence-electron chi connectivity index (χ3n) is 3.54. The monoisotopic (exact) mass is 308 g/mol. The molecule has 0 radical (unpaired) electrons. The molecule has 1 saturated heterocycles. The van der Waals surface area contributed by atoms with Crippen LogP contribution in [-0.4, -0.2) is 45.2 Å². The lowest BCUT2D eigenvalue weighted by Crippen LogP contribution is -2.48. The summed E-state index contributed by atoms with van der Waals surface area (Å²) in [6.07, 6.45) is 4.50. The molecule has 0 saturated carbocycles. The minimum absolute atomic E-state index is 0.0457. The number of likely N-dealkylation sites (tertiary alicyclic amines) is 1. The number of carbonyl (C=O) groups excluding carboxylic acids is 1. The molecule has 1 aliphatic rings. The van der Waals surface area contributed by atoms with Crippen LogP contribution in [0.1, 0.15) is 31.4 Å². The Morgan fingerprint density at radius 1 is 1.38 bits per heavy atom. The topological polar surface area (TPSA) is 70.5 Å². The molecule has 2 rings (SSSR count). The first-order valence-electron chi connectivity index (χ1n) is 7.18. The van der Waals surface area contributed by atoms with Crippen LogP contribution in [0, 0.1) is 0 Å². The lowest BCUT2D eigenvalue weighted by molar-refractivity contribution is -0.151. The molecular weight excluding hydrogens is 288 g/mol. The van der Waals surface area contributed by atoms with Crippen molar-refractivity contribution in [2.24, 2.45) is 0 Å². The summed E-state index contributed by atoms with van der Waals surface area (Å²) in [4.78, 5) is 29.1. The van der Waals surface area contributed by atoms with E-state index in [-0.39, 0.29) is 5.91 Å². The van der Waals surface area contributed by atoms with E-state index in [1.807, 2.05) is 18.2 Å². The molecule has 2 heterocycles. The third-order valence-corrected chi connectivity index (χ3v) is 4.54. The van der Waals surface area contributed by atoms with Gasteiger partial charge in [0.05, 0.1) is 5.69 Å². The molecule has 1 fully saturated rings. The van der Waals surface area contributed by atoms with Gasteiger partial charge < -0.3 is 10.0 Å². The Hall–Kier alpha value is -1.56. The molecule has 0 bridgehead atoms. The van der Waals surface area contributed by atoms with Gasteiger partial charge in [0.2, 0.25) is 5.91 Å². The van der Waals surface area contributed by atoms with E-state index in [1.165, 1.54) is 4.90 Å². The summed E-state index contributed by atoms with van der Waals surface area (Å²) in [6.45, 7) is 0.570. The van der Waals surface area contributed by atoms with Crippen molar-refractivity contribution in [1.29, 1.82) is 0 Å². The van der Waals surface area contributed by atoms with Crippen LogP contribution in [0.15, 0.2) is 24.4 Å². The molecule has 21 heavy (non-hydrogen) atoms. The van der Waals surface area contributed by atoms with Crippen LogP contribution in [0.5, 0.6) is 0 Å². The Morgan fingerprint density at radius 2 is 2.24 bits per heavy atom. The highest BCUT2D eigenvalue weighted by atomic mass is 32.2. The van der Waals surface area contributed by atoms with Crippen LogP contribution in [-0.2, 0) is 15.3 Å². The molecule has 5 nitrogen and oxygen atoms in total. The highest BCUT2D eigenvalue weighted by molar-refractivity contribution is 7.98. The van der Waals surface area contributed by atoms with Crippen LogP contribution in [0.25, 0.3) is 0 Å². The Bertz CT molecular complexity index is 481. The molecule has 1 aromatic rings.